The molecular formula is C10H9ClN2O2S. The van der Waals surface area contributed by atoms with E-state index >= 15 is 0 Å². The maximum Gasteiger partial charge on any atom is 0.183 e. The van der Waals surface area contributed by atoms with Crippen molar-refractivity contribution in [1.82, 2.24) is 4.98 Å². The van der Waals surface area contributed by atoms with E-state index in [0.29, 0.717) is 11.0 Å². The maximum atomic E-state index is 9.28. The Balaban J connectivity index is 2.02. The Morgan fingerprint density at radius 1 is 1.31 bits per heavy atom. The highest BCUT2D eigenvalue weighted by atomic mass is 35.5. The number of phenols is 2. The van der Waals surface area contributed by atoms with Crippen LogP contribution in [0.3, 0.4) is 0 Å². The third kappa shape index (κ3) is 2.56. The Kier molecular flexibility index (Phi) is 3.17. The first-order valence-corrected chi connectivity index (χ1v) is 5.70. The van der Waals surface area contributed by atoms with Gasteiger partial charge in [0.05, 0.1) is 6.54 Å². The first-order chi connectivity index (χ1) is 7.65. The van der Waals surface area contributed by atoms with Gasteiger partial charge in [-0.05, 0) is 12.1 Å². The molecule has 0 spiro atoms. The minimum atomic E-state index is -0.146. The molecule has 1 aromatic heterocycles. The van der Waals surface area contributed by atoms with Gasteiger partial charge in [-0.2, -0.15) is 0 Å². The summed E-state index contributed by atoms with van der Waals surface area (Å²) in [6.45, 7) is 0.578. The number of aromatic hydroxyl groups is 2. The number of phenolic OH excluding ortho intramolecular Hbond substituents is 2. The van der Waals surface area contributed by atoms with E-state index in [-0.39, 0.29) is 11.5 Å². The Morgan fingerprint density at radius 2 is 2.12 bits per heavy atom. The lowest BCUT2D eigenvalue weighted by molar-refractivity contribution is 0.404. The molecule has 4 nitrogen and oxygen atoms in total. The summed E-state index contributed by atoms with van der Waals surface area (Å²) >= 11 is 7.09. The number of hydrogen-bond donors (Lipinski definition) is 3. The first-order valence-electron chi connectivity index (χ1n) is 4.51. The van der Waals surface area contributed by atoms with Crippen LogP contribution in [-0.2, 0) is 6.54 Å². The van der Waals surface area contributed by atoms with E-state index in [1.54, 1.807) is 12.3 Å². The molecule has 0 atom stereocenters. The fourth-order valence-electron chi connectivity index (χ4n) is 1.19. The smallest absolute Gasteiger partial charge is 0.183 e. The number of halogens is 1. The molecule has 0 saturated carbocycles. The molecule has 0 bridgehead atoms. The Labute approximate surface area is 101 Å². The molecule has 3 N–H and O–H groups in total. The van der Waals surface area contributed by atoms with Crippen LogP contribution in [0.25, 0.3) is 0 Å². The number of anilines is 1. The molecule has 1 aromatic carbocycles. The highest BCUT2D eigenvalue weighted by Crippen LogP contribution is 2.28. The molecule has 16 heavy (non-hydrogen) atoms. The van der Waals surface area contributed by atoms with E-state index in [2.05, 4.69) is 10.3 Å². The lowest BCUT2D eigenvalue weighted by Crippen LogP contribution is -1.96. The minimum Gasteiger partial charge on any atom is -0.504 e. The molecule has 0 radical (unpaired) electrons. The van der Waals surface area contributed by atoms with Crippen LogP contribution in [-0.4, -0.2) is 15.2 Å². The maximum absolute atomic E-state index is 9.28. The van der Waals surface area contributed by atoms with Crippen LogP contribution < -0.4 is 5.32 Å². The van der Waals surface area contributed by atoms with Crippen molar-refractivity contribution in [2.24, 2.45) is 0 Å². The first kappa shape index (κ1) is 11.0. The lowest BCUT2D eigenvalue weighted by Gasteiger charge is -2.05. The van der Waals surface area contributed by atoms with Crippen LogP contribution in [0.2, 0.25) is 4.47 Å². The Hall–Kier alpha value is -1.46. The zero-order valence-corrected chi connectivity index (χ0v) is 9.72. The van der Waals surface area contributed by atoms with Crippen LogP contribution in [0.1, 0.15) is 4.88 Å². The van der Waals surface area contributed by atoms with Crippen molar-refractivity contribution >= 4 is 28.6 Å². The van der Waals surface area contributed by atoms with Gasteiger partial charge in [-0.1, -0.05) is 11.6 Å². The molecule has 2 aromatic rings. The summed E-state index contributed by atoms with van der Waals surface area (Å²) in [5.74, 6) is -0.279. The Morgan fingerprint density at radius 3 is 2.75 bits per heavy atom. The van der Waals surface area contributed by atoms with Crippen molar-refractivity contribution in [2.75, 3.05) is 5.32 Å². The molecule has 6 heteroatoms. The summed E-state index contributed by atoms with van der Waals surface area (Å²) in [7, 11) is 0. The van der Waals surface area contributed by atoms with Gasteiger partial charge in [-0.15, -0.1) is 11.3 Å². The van der Waals surface area contributed by atoms with Gasteiger partial charge < -0.3 is 15.5 Å². The summed E-state index contributed by atoms with van der Waals surface area (Å²) in [6, 6.07) is 4.56. The number of nitrogens with one attached hydrogen (secondary N) is 1. The van der Waals surface area contributed by atoms with Crippen molar-refractivity contribution in [3.05, 3.63) is 33.7 Å². The molecule has 0 aliphatic rings. The molecule has 0 amide bonds. The molecule has 0 saturated heterocycles. The number of aromatic nitrogens is 1. The number of thiazole rings is 1. The second kappa shape index (κ2) is 4.59. The number of nitrogens with zero attached hydrogens (tertiary/aromatic N) is 1. The number of rotatable bonds is 3. The molecule has 0 fully saturated rings. The highest BCUT2D eigenvalue weighted by molar-refractivity contribution is 7.15. The van der Waals surface area contributed by atoms with Gasteiger partial charge in [0.15, 0.2) is 16.0 Å². The molecule has 84 valence electrons. The van der Waals surface area contributed by atoms with E-state index in [1.165, 1.54) is 23.5 Å². The van der Waals surface area contributed by atoms with Gasteiger partial charge in [-0.3, -0.25) is 0 Å². The normalized spacial score (nSPS) is 10.3. The van der Waals surface area contributed by atoms with Crippen molar-refractivity contribution in [3.63, 3.8) is 0 Å². The van der Waals surface area contributed by atoms with Crippen LogP contribution in [0.5, 0.6) is 11.5 Å². The van der Waals surface area contributed by atoms with Crippen LogP contribution >= 0.6 is 22.9 Å². The summed E-state index contributed by atoms with van der Waals surface area (Å²) in [5, 5.41) is 21.5. The molecular weight excluding hydrogens is 248 g/mol. The standard InChI is InChI=1S/C10H9ClN2O2S/c11-10-13-5-7(16-10)4-12-6-1-2-8(14)9(15)3-6/h1-3,5,12,14-15H,4H2. The van der Waals surface area contributed by atoms with E-state index < -0.39 is 0 Å². The minimum absolute atomic E-state index is 0.133. The number of hydrogen-bond acceptors (Lipinski definition) is 5. The highest BCUT2D eigenvalue weighted by Gasteiger charge is 2.02. The number of benzene rings is 1. The SMILES string of the molecule is Oc1ccc(NCc2cnc(Cl)s2)cc1O. The summed E-state index contributed by atoms with van der Waals surface area (Å²) in [5.41, 5.74) is 0.722. The van der Waals surface area contributed by atoms with Gasteiger partial charge in [0.2, 0.25) is 0 Å². The summed E-state index contributed by atoms with van der Waals surface area (Å²) in [4.78, 5) is 4.91. The van der Waals surface area contributed by atoms with Gasteiger partial charge in [-0.25, -0.2) is 4.98 Å². The van der Waals surface area contributed by atoms with Gasteiger partial charge in [0, 0.05) is 22.8 Å². The molecule has 0 unspecified atom stereocenters. The molecule has 2 rings (SSSR count). The van der Waals surface area contributed by atoms with Crippen LogP contribution in [0.4, 0.5) is 5.69 Å². The average molecular weight is 257 g/mol. The van der Waals surface area contributed by atoms with E-state index in [9.17, 15) is 5.11 Å². The van der Waals surface area contributed by atoms with Crippen LogP contribution in [0, 0.1) is 0 Å². The van der Waals surface area contributed by atoms with Crippen molar-refractivity contribution < 1.29 is 10.2 Å². The largest absolute Gasteiger partial charge is 0.504 e. The van der Waals surface area contributed by atoms with E-state index in [0.717, 1.165) is 10.6 Å². The topological polar surface area (TPSA) is 65.4 Å². The predicted octanol–water partition coefficient (Wildman–Crippen LogP) is 2.82. The summed E-state index contributed by atoms with van der Waals surface area (Å²) < 4.78 is 0.505. The third-order valence-electron chi connectivity index (χ3n) is 1.97. The molecule has 1 heterocycles. The quantitative estimate of drug-likeness (QED) is 0.584. The van der Waals surface area contributed by atoms with E-state index in [1.807, 2.05) is 0 Å². The Bertz CT molecular complexity index is 501. The van der Waals surface area contributed by atoms with Crippen molar-refractivity contribution in [3.8, 4) is 11.5 Å². The van der Waals surface area contributed by atoms with E-state index in [4.69, 9.17) is 16.7 Å². The molecule has 0 aliphatic carbocycles. The fraction of sp³-hybridized carbons (Fsp3) is 0.100. The van der Waals surface area contributed by atoms with Crippen molar-refractivity contribution in [1.29, 1.82) is 0 Å². The zero-order chi connectivity index (χ0) is 11.5. The fourth-order valence-corrected chi connectivity index (χ4v) is 2.11. The molecule has 0 aliphatic heterocycles. The second-order valence-electron chi connectivity index (χ2n) is 3.14. The van der Waals surface area contributed by atoms with Gasteiger partial charge in [0.25, 0.3) is 0 Å². The monoisotopic (exact) mass is 256 g/mol. The summed E-state index contributed by atoms with van der Waals surface area (Å²) in [6.07, 6.45) is 1.69. The second-order valence-corrected chi connectivity index (χ2v) is 4.83. The lowest BCUT2D eigenvalue weighted by atomic mass is 10.3. The van der Waals surface area contributed by atoms with Crippen molar-refractivity contribution in [2.45, 2.75) is 6.54 Å². The average Bonchev–Trinajstić information content (AvgIpc) is 2.66. The predicted molar refractivity (Wildman–Crippen MR) is 64.2 cm³/mol. The zero-order valence-electron chi connectivity index (χ0n) is 8.14. The van der Waals surface area contributed by atoms with Gasteiger partial charge >= 0.3 is 0 Å². The third-order valence-corrected chi connectivity index (χ3v) is 3.08. The van der Waals surface area contributed by atoms with Gasteiger partial charge in [0.1, 0.15) is 0 Å². The van der Waals surface area contributed by atoms with Crippen LogP contribution in [0.15, 0.2) is 24.4 Å².